The number of aromatic nitrogens is 2. The Morgan fingerprint density at radius 1 is 1.10 bits per heavy atom. The van der Waals surface area contributed by atoms with Gasteiger partial charge < -0.3 is 28.6 Å². The van der Waals surface area contributed by atoms with Gasteiger partial charge in [-0.2, -0.15) is 13.2 Å². The van der Waals surface area contributed by atoms with E-state index in [1.165, 1.54) is 11.3 Å². The lowest BCUT2D eigenvalue weighted by Gasteiger charge is -2.44. The highest BCUT2D eigenvalue weighted by atomic mass is 19.4. The number of imidazole rings is 1. The van der Waals surface area contributed by atoms with Crippen molar-refractivity contribution < 1.29 is 42.0 Å². The van der Waals surface area contributed by atoms with Crippen LogP contribution in [0.25, 0.3) is 11.3 Å². The number of methoxy groups -OCH3 is 1. The monoisotopic (exact) mass is 547 g/mol. The molecule has 0 saturated carbocycles. The Kier molecular flexibility index (Phi) is 7.41. The second-order valence-corrected chi connectivity index (χ2v) is 9.49. The Morgan fingerprint density at radius 2 is 1.82 bits per heavy atom. The predicted octanol–water partition coefficient (Wildman–Crippen LogP) is 4.44. The lowest BCUT2D eigenvalue weighted by molar-refractivity contribution is -0.192. The molecule has 1 saturated heterocycles. The molecule has 1 N–H and O–H groups in total. The summed E-state index contributed by atoms with van der Waals surface area (Å²) in [4.78, 5) is 16.2. The number of piperidine rings is 1. The maximum atomic E-state index is 10.6. The zero-order valence-corrected chi connectivity index (χ0v) is 21.2. The van der Waals surface area contributed by atoms with Crippen molar-refractivity contribution in [3.63, 3.8) is 0 Å². The summed E-state index contributed by atoms with van der Waals surface area (Å²) in [6, 6.07) is 14.5. The van der Waals surface area contributed by atoms with Crippen LogP contribution in [0.15, 0.2) is 48.8 Å². The number of carbonyl (C=O) groups is 1. The van der Waals surface area contributed by atoms with Crippen molar-refractivity contribution in [2.75, 3.05) is 33.6 Å². The SMILES string of the molecule is COCCn1cnc2c1C1(CCN(Cc3ccc4c(c3)OCO4)CC1)Oc1ccccc1-2.O=C(O)C(F)(F)F. The summed E-state index contributed by atoms with van der Waals surface area (Å²) in [6.07, 6.45) is -1.31. The van der Waals surface area contributed by atoms with E-state index >= 15 is 0 Å². The van der Waals surface area contributed by atoms with Gasteiger partial charge in [0.25, 0.3) is 0 Å². The van der Waals surface area contributed by atoms with Crippen LogP contribution in [0.1, 0.15) is 24.1 Å². The van der Waals surface area contributed by atoms with Crippen LogP contribution >= 0.6 is 0 Å². The van der Waals surface area contributed by atoms with Crippen LogP contribution in [-0.2, 0) is 28.2 Å². The molecule has 3 aliphatic rings. The average Bonchev–Trinajstić information content (AvgIpc) is 3.56. The molecule has 0 atom stereocenters. The molecule has 1 aromatic heterocycles. The van der Waals surface area contributed by atoms with E-state index in [4.69, 9.17) is 33.8 Å². The van der Waals surface area contributed by atoms with E-state index in [2.05, 4.69) is 33.7 Å². The number of benzene rings is 2. The summed E-state index contributed by atoms with van der Waals surface area (Å²) in [5.74, 6) is -0.152. The number of aliphatic carboxylic acids is 1. The van der Waals surface area contributed by atoms with E-state index < -0.39 is 12.1 Å². The summed E-state index contributed by atoms with van der Waals surface area (Å²) in [5, 5.41) is 7.12. The zero-order chi connectivity index (χ0) is 27.6. The molecule has 3 aromatic rings. The minimum atomic E-state index is -5.08. The number of rotatable bonds is 5. The van der Waals surface area contributed by atoms with Crippen molar-refractivity contribution in [2.24, 2.45) is 0 Å². The van der Waals surface area contributed by atoms with Gasteiger partial charge in [0, 0.05) is 51.7 Å². The second-order valence-electron chi connectivity index (χ2n) is 9.49. The number of likely N-dealkylation sites (tertiary alicyclic amines) is 1. The molecule has 0 aliphatic carbocycles. The summed E-state index contributed by atoms with van der Waals surface area (Å²) in [5.41, 5.74) is 4.19. The minimum absolute atomic E-state index is 0.308. The maximum absolute atomic E-state index is 10.6. The molecule has 0 bridgehead atoms. The van der Waals surface area contributed by atoms with Crippen molar-refractivity contribution in [1.82, 2.24) is 14.5 Å². The van der Waals surface area contributed by atoms with Crippen LogP contribution in [-0.4, -0.2) is 65.3 Å². The third-order valence-electron chi connectivity index (χ3n) is 7.00. The summed E-state index contributed by atoms with van der Waals surface area (Å²) in [6.45, 7) is 4.52. The van der Waals surface area contributed by atoms with E-state index in [1.54, 1.807) is 7.11 Å². The number of halogens is 3. The molecule has 0 radical (unpaired) electrons. The normalized spacial score (nSPS) is 17.0. The number of alkyl halides is 3. The molecule has 208 valence electrons. The van der Waals surface area contributed by atoms with Gasteiger partial charge in [0.2, 0.25) is 6.79 Å². The number of para-hydroxylation sites is 1. The largest absolute Gasteiger partial charge is 0.490 e. The van der Waals surface area contributed by atoms with Crippen molar-refractivity contribution in [1.29, 1.82) is 0 Å². The molecule has 2 aromatic carbocycles. The van der Waals surface area contributed by atoms with Crippen LogP contribution < -0.4 is 14.2 Å². The van der Waals surface area contributed by atoms with Crippen LogP contribution in [0.2, 0.25) is 0 Å². The number of fused-ring (bicyclic) bond motifs is 5. The predicted molar refractivity (Wildman–Crippen MR) is 133 cm³/mol. The number of carboxylic acids is 1. The second kappa shape index (κ2) is 10.8. The van der Waals surface area contributed by atoms with Gasteiger partial charge in [-0.1, -0.05) is 18.2 Å². The van der Waals surface area contributed by atoms with E-state index in [0.717, 1.165) is 67.5 Å². The number of nitrogens with zero attached hydrogens (tertiary/aromatic N) is 3. The van der Waals surface area contributed by atoms with Crippen LogP contribution in [0.5, 0.6) is 17.2 Å². The smallest absolute Gasteiger partial charge is 0.480 e. The molecule has 1 fully saturated rings. The molecule has 1 spiro atoms. The number of hydrogen-bond acceptors (Lipinski definition) is 7. The van der Waals surface area contributed by atoms with Crippen LogP contribution in [0.4, 0.5) is 13.2 Å². The Labute approximate surface area is 222 Å². The van der Waals surface area contributed by atoms with Gasteiger partial charge in [0.05, 0.1) is 24.3 Å². The topological polar surface area (TPSA) is 95.3 Å². The highest BCUT2D eigenvalue weighted by Crippen LogP contribution is 2.49. The molecule has 6 rings (SSSR count). The fraction of sp³-hybridized carbons (Fsp3) is 0.407. The molecular weight excluding hydrogens is 519 g/mol. The number of carboxylic acid groups (broad SMARTS) is 1. The van der Waals surface area contributed by atoms with E-state index in [0.29, 0.717) is 13.4 Å². The van der Waals surface area contributed by atoms with E-state index in [1.807, 2.05) is 24.5 Å². The minimum Gasteiger partial charge on any atom is -0.480 e. The summed E-state index contributed by atoms with van der Waals surface area (Å²) < 4.78 is 57.1. The highest BCUT2D eigenvalue weighted by Gasteiger charge is 2.46. The zero-order valence-electron chi connectivity index (χ0n) is 21.2. The summed E-state index contributed by atoms with van der Waals surface area (Å²) >= 11 is 0. The third kappa shape index (κ3) is 5.52. The maximum Gasteiger partial charge on any atom is 0.490 e. The van der Waals surface area contributed by atoms with Gasteiger partial charge in [-0.3, -0.25) is 4.90 Å². The fourth-order valence-electron chi connectivity index (χ4n) is 5.13. The number of ether oxygens (including phenoxy) is 4. The Morgan fingerprint density at radius 3 is 2.54 bits per heavy atom. The first-order valence-corrected chi connectivity index (χ1v) is 12.4. The molecule has 0 unspecified atom stereocenters. The Hall–Kier alpha value is -3.77. The Bertz CT molecular complexity index is 1330. The summed E-state index contributed by atoms with van der Waals surface area (Å²) in [7, 11) is 1.74. The lowest BCUT2D eigenvalue weighted by atomic mass is 9.83. The molecular formula is C27H28F3N3O6. The first-order valence-electron chi connectivity index (χ1n) is 12.4. The molecule has 12 heteroatoms. The first-order chi connectivity index (χ1) is 18.7. The quantitative estimate of drug-likeness (QED) is 0.501. The van der Waals surface area contributed by atoms with Crippen molar-refractivity contribution >= 4 is 5.97 Å². The molecule has 39 heavy (non-hydrogen) atoms. The van der Waals surface area contributed by atoms with Gasteiger partial charge in [0.15, 0.2) is 17.1 Å². The third-order valence-corrected chi connectivity index (χ3v) is 7.00. The first kappa shape index (κ1) is 26.8. The van der Waals surface area contributed by atoms with Crippen LogP contribution in [0, 0.1) is 0 Å². The van der Waals surface area contributed by atoms with Gasteiger partial charge in [-0.05, 0) is 29.8 Å². The van der Waals surface area contributed by atoms with Gasteiger partial charge >= 0.3 is 12.1 Å². The Balaban J connectivity index is 0.000000392. The van der Waals surface area contributed by atoms with E-state index in [9.17, 15) is 13.2 Å². The standard InChI is InChI=1S/C25H27N3O4.C2HF3O2/c1-29-13-12-28-16-26-23-19-4-2-3-5-20(19)32-25(24(23)28)8-10-27(11-9-25)15-18-6-7-21-22(14-18)31-17-30-21;3-2(4,5)1(6)7/h2-7,14,16H,8-13,15,17H2,1H3;(H,6,7). The van der Waals surface area contributed by atoms with Gasteiger partial charge in [-0.15, -0.1) is 0 Å². The highest BCUT2D eigenvalue weighted by molar-refractivity contribution is 5.73. The average molecular weight is 548 g/mol. The lowest BCUT2D eigenvalue weighted by Crippen LogP contribution is -2.48. The van der Waals surface area contributed by atoms with Gasteiger partial charge in [-0.25, -0.2) is 9.78 Å². The fourth-order valence-corrected chi connectivity index (χ4v) is 5.13. The molecule has 9 nitrogen and oxygen atoms in total. The van der Waals surface area contributed by atoms with E-state index in [-0.39, 0.29) is 5.60 Å². The van der Waals surface area contributed by atoms with Gasteiger partial charge in [0.1, 0.15) is 5.75 Å². The molecule has 3 aliphatic heterocycles. The van der Waals surface area contributed by atoms with Crippen molar-refractivity contribution in [2.45, 2.75) is 37.7 Å². The molecule has 4 heterocycles. The van der Waals surface area contributed by atoms with Crippen molar-refractivity contribution in [3.05, 3.63) is 60.0 Å². The van der Waals surface area contributed by atoms with Crippen LogP contribution in [0.3, 0.4) is 0 Å². The molecule has 0 amide bonds. The van der Waals surface area contributed by atoms with Crippen molar-refractivity contribution in [3.8, 4) is 28.5 Å². The number of hydrogen-bond donors (Lipinski definition) is 1.